The minimum absolute atomic E-state index is 0.0151. The van der Waals surface area contributed by atoms with Crippen molar-refractivity contribution in [3.8, 4) is 5.75 Å². The van der Waals surface area contributed by atoms with Crippen molar-refractivity contribution in [3.05, 3.63) is 65.7 Å². The molecule has 2 rings (SSSR count). The van der Waals surface area contributed by atoms with Gasteiger partial charge in [-0.15, -0.1) is 0 Å². The Morgan fingerprint density at radius 2 is 1.51 bits per heavy atom. The number of hydrogen-bond donors (Lipinski definition) is 0. The van der Waals surface area contributed by atoms with Crippen LogP contribution in [0.25, 0.3) is 0 Å². The Labute approximate surface area is 214 Å². The highest BCUT2D eigenvalue weighted by molar-refractivity contribution is 5.74. The van der Waals surface area contributed by atoms with Crippen molar-refractivity contribution in [2.24, 2.45) is 0 Å². The third kappa shape index (κ3) is 11.3. The number of ether oxygens (including phenoxy) is 2. The summed E-state index contributed by atoms with van der Waals surface area (Å²) in [5, 5.41) is 0. The summed E-state index contributed by atoms with van der Waals surface area (Å²) < 4.78 is 12.3. The smallest absolute Gasteiger partial charge is 0.364 e. The Kier molecular flexibility index (Phi) is 12.9. The van der Waals surface area contributed by atoms with E-state index in [2.05, 4.69) is 51.4 Å². The number of unbranched alkanes of at least 4 members (excludes halogenated alkanes) is 6. The third-order valence-electron chi connectivity index (χ3n) is 6.90. The Morgan fingerprint density at radius 1 is 0.857 bits per heavy atom. The molecule has 35 heavy (non-hydrogen) atoms. The van der Waals surface area contributed by atoms with Gasteiger partial charge < -0.3 is 14.0 Å². The van der Waals surface area contributed by atoms with Gasteiger partial charge in [0.05, 0.1) is 26.8 Å². The second kappa shape index (κ2) is 15.6. The molecule has 0 spiro atoms. The number of carbonyl (C=O) groups is 1. The number of nitrogens with zero attached hydrogens (tertiary/aromatic N) is 1. The van der Waals surface area contributed by atoms with Crippen LogP contribution in [0.4, 0.5) is 0 Å². The summed E-state index contributed by atoms with van der Waals surface area (Å²) in [6, 6.07) is 18.5. The molecule has 0 bridgehead atoms. The highest BCUT2D eigenvalue weighted by atomic mass is 16.5. The van der Waals surface area contributed by atoms with Gasteiger partial charge >= 0.3 is 5.97 Å². The molecule has 0 radical (unpaired) electrons. The average molecular weight is 483 g/mol. The SMILES string of the molecule is CCCCCCCCCc1cccc(OC(C)CCOC(=O)C(C)[N+](C)(C)Cc2ccccc2)c1. The van der Waals surface area contributed by atoms with E-state index in [0.717, 1.165) is 18.7 Å². The van der Waals surface area contributed by atoms with Crippen LogP contribution in [-0.4, -0.2) is 43.3 Å². The van der Waals surface area contributed by atoms with Crippen LogP contribution < -0.4 is 4.74 Å². The van der Waals surface area contributed by atoms with Gasteiger partial charge in [-0.2, -0.15) is 0 Å². The fourth-order valence-corrected chi connectivity index (χ4v) is 4.27. The van der Waals surface area contributed by atoms with Crippen LogP contribution in [-0.2, 0) is 22.5 Å². The molecule has 0 N–H and O–H groups in total. The minimum Gasteiger partial charge on any atom is -0.491 e. The van der Waals surface area contributed by atoms with E-state index in [1.165, 1.54) is 56.1 Å². The first-order valence-electron chi connectivity index (χ1n) is 13.6. The maximum absolute atomic E-state index is 12.7. The van der Waals surface area contributed by atoms with Gasteiger partial charge in [-0.05, 0) is 44.4 Å². The Balaban J connectivity index is 1.69. The second-order valence-electron chi connectivity index (χ2n) is 10.5. The zero-order valence-corrected chi connectivity index (χ0v) is 22.8. The molecule has 0 saturated carbocycles. The number of quaternary nitrogens is 1. The zero-order chi connectivity index (χ0) is 25.5. The topological polar surface area (TPSA) is 35.5 Å². The van der Waals surface area contributed by atoms with Crippen molar-refractivity contribution in [1.82, 2.24) is 0 Å². The molecule has 0 amide bonds. The Morgan fingerprint density at radius 3 is 2.23 bits per heavy atom. The van der Waals surface area contributed by atoms with Crippen molar-refractivity contribution in [1.29, 1.82) is 0 Å². The van der Waals surface area contributed by atoms with Crippen LogP contribution in [0.5, 0.6) is 5.75 Å². The lowest BCUT2D eigenvalue weighted by Crippen LogP contribution is -2.51. The summed E-state index contributed by atoms with van der Waals surface area (Å²) >= 11 is 0. The molecule has 0 aliphatic rings. The van der Waals surface area contributed by atoms with Gasteiger partial charge in [0.2, 0.25) is 0 Å². The maximum atomic E-state index is 12.7. The number of aryl methyl sites for hydroxylation is 1. The summed E-state index contributed by atoms with van der Waals surface area (Å²) in [6.45, 7) is 7.40. The number of likely N-dealkylation sites (N-methyl/N-ethyl adjacent to an activating group) is 1. The van der Waals surface area contributed by atoms with E-state index in [4.69, 9.17) is 9.47 Å². The van der Waals surface area contributed by atoms with Gasteiger partial charge in [-0.3, -0.25) is 0 Å². The first-order chi connectivity index (χ1) is 16.8. The minimum atomic E-state index is -0.241. The van der Waals surface area contributed by atoms with Crippen molar-refractivity contribution in [2.45, 2.75) is 97.2 Å². The quantitative estimate of drug-likeness (QED) is 0.134. The molecule has 2 unspecified atom stereocenters. The van der Waals surface area contributed by atoms with Crippen molar-refractivity contribution in [2.75, 3.05) is 20.7 Å². The van der Waals surface area contributed by atoms with E-state index in [0.29, 0.717) is 17.5 Å². The van der Waals surface area contributed by atoms with Crippen LogP contribution in [0, 0.1) is 0 Å². The highest BCUT2D eigenvalue weighted by Crippen LogP contribution is 2.19. The molecule has 4 heteroatoms. The van der Waals surface area contributed by atoms with E-state index in [1.807, 2.05) is 38.1 Å². The van der Waals surface area contributed by atoms with E-state index < -0.39 is 0 Å². The van der Waals surface area contributed by atoms with E-state index >= 15 is 0 Å². The molecule has 0 heterocycles. The molecule has 4 nitrogen and oxygen atoms in total. The molecular formula is C31H48NO3+. The predicted molar refractivity (Wildman–Crippen MR) is 146 cm³/mol. The third-order valence-corrected chi connectivity index (χ3v) is 6.90. The Hall–Kier alpha value is -2.33. The number of esters is 1. The van der Waals surface area contributed by atoms with Crippen molar-refractivity contribution in [3.63, 3.8) is 0 Å². The lowest BCUT2D eigenvalue weighted by Gasteiger charge is -2.34. The zero-order valence-electron chi connectivity index (χ0n) is 22.8. The molecule has 0 aliphatic carbocycles. The Bertz CT molecular complexity index is 849. The molecular weight excluding hydrogens is 434 g/mol. The summed E-state index contributed by atoms with van der Waals surface area (Å²) in [6.07, 6.45) is 11.0. The first-order valence-corrected chi connectivity index (χ1v) is 13.6. The van der Waals surface area contributed by atoms with Crippen LogP contribution in [0.3, 0.4) is 0 Å². The van der Waals surface area contributed by atoms with Gasteiger partial charge in [0, 0.05) is 12.0 Å². The summed E-state index contributed by atoms with van der Waals surface area (Å²) in [7, 11) is 4.15. The van der Waals surface area contributed by atoms with Crippen LogP contribution >= 0.6 is 0 Å². The average Bonchev–Trinajstić information content (AvgIpc) is 2.83. The molecule has 0 fully saturated rings. The normalized spacial score (nSPS) is 13.3. The fraction of sp³-hybridized carbons (Fsp3) is 0.581. The molecule has 194 valence electrons. The van der Waals surface area contributed by atoms with Crippen molar-refractivity contribution < 1.29 is 18.8 Å². The molecule has 2 atom stereocenters. The van der Waals surface area contributed by atoms with Crippen LogP contribution in [0.1, 0.15) is 83.3 Å². The van der Waals surface area contributed by atoms with Crippen LogP contribution in [0.15, 0.2) is 54.6 Å². The summed E-state index contributed by atoms with van der Waals surface area (Å²) in [5.41, 5.74) is 2.55. The summed E-state index contributed by atoms with van der Waals surface area (Å²) in [4.78, 5) is 12.7. The van der Waals surface area contributed by atoms with Gasteiger partial charge in [0.25, 0.3) is 0 Å². The monoisotopic (exact) mass is 482 g/mol. The molecule has 0 saturated heterocycles. The van der Waals surface area contributed by atoms with Gasteiger partial charge in [-0.1, -0.05) is 87.9 Å². The van der Waals surface area contributed by atoms with E-state index in [9.17, 15) is 4.79 Å². The van der Waals surface area contributed by atoms with Gasteiger partial charge in [0.15, 0.2) is 6.04 Å². The van der Waals surface area contributed by atoms with E-state index in [1.54, 1.807) is 0 Å². The maximum Gasteiger partial charge on any atom is 0.364 e. The molecule has 2 aromatic rings. The molecule has 0 aromatic heterocycles. The van der Waals surface area contributed by atoms with Crippen LogP contribution in [0.2, 0.25) is 0 Å². The number of hydrogen-bond acceptors (Lipinski definition) is 3. The largest absolute Gasteiger partial charge is 0.491 e. The molecule has 0 aliphatic heterocycles. The first kappa shape index (κ1) is 28.9. The van der Waals surface area contributed by atoms with E-state index in [-0.39, 0.29) is 18.1 Å². The standard InChI is InChI=1S/C31H48NO3/c1-6-7-8-9-10-11-13-17-28-20-16-21-30(24-28)35-26(2)22-23-34-31(33)27(3)32(4,5)25-29-18-14-12-15-19-29/h12,14-16,18-21,24,26-27H,6-11,13,17,22-23,25H2,1-5H3/q+1. The highest BCUT2D eigenvalue weighted by Gasteiger charge is 2.32. The number of carbonyl (C=O) groups excluding carboxylic acids is 1. The van der Waals surface area contributed by atoms with Crippen molar-refractivity contribution >= 4 is 5.97 Å². The summed E-state index contributed by atoms with van der Waals surface area (Å²) in [5.74, 6) is 0.744. The lowest BCUT2D eigenvalue weighted by atomic mass is 10.0. The van der Waals surface area contributed by atoms with Gasteiger partial charge in [0.1, 0.15) is 12.3 Å². The number of rotatable bonds is 17. The fourth-order valence-electron chi connectivity index (χ4n) is 4.27. The number of benzene rings is 2. The molecule has 2 aromatic carbocycles. The van der Waals surface area contributed by atoms with Gasteiger partial charge in [-0.25, -0.2) is 4.79 Å². The lowest BCUT2D eigenvalue weighted by molar-refractivity contribution is -0.917. The predicted octanol–water partition coefficient (Wildman–Crippen LogP) is 7.35. The second-order valence-corrected chi connectivity index (χ2v) is 10.5.